The van der Waals surface area contributed by atoms with Crippen molar-refractivity contribution in [3.05, 3.63) is 60.0 Å². The van der Waals surface area contributed by atoms with Gasteiger partial charge in [-0.3, -0.25) is 4.21 Å². The maximum atomic E-state index is 13.7. The summed E-state index contributed by atoms with van der Waals surface area (Å²) in [7, 11) is -1.14. The summed E-state index contributed by atoms with van der Waals surface area (Å²) < 4.78 is 26.2. The number of nitrogens with zero attached hydrogens (tertiary/aromatic N) is 4. The van der Waals surface area contributed by atoms with Crippen LogP contribution < -0.4 is 15.1 Å². The van der Waals surface area contributed by atoms with Crippen LogP contribution in [0.3, 0.4) is 0 Å². The van der Waals surface area contributed by atoms with Crippen LogP contribution in [-0.2, 0) is 17.2 Å². The molecule has 166 valence electrons. The molecule has 1 fully saturated rings. The number of aromatic nitrogens is 2. The lowest BCUT2D eigenvalue weighted by molar-refractivity contribution is 0.628. The summed E-state index contributed by atoms with van der Waals surface area (Å²) in [5.74, 6) is 1.37. The molecule has 3 heterocycles. The normalized spacial score (nSPS) is 18.0. The molecule has 5 rings (SSSR count). The van der Waals surface area contributed by atoms with Crippen LogP contribution in [0.25, 0.3) is 0 Å². The summed E-state index contributed by atoms with van der Waals surface area (Å²) in [6.45, 7) is 3.34. The number of benzene rings is 2. The summed E-state index contributed by atoms with van der Waals surface area (Å²) in [4.78, 5) is 15.9. The third-order valence-corrected chi connectivity index (χ3v) is 7.97. The Hall–Kier alpha value is -2.65. The Morgan fingerprint density at radius 2 is 1.78 bits per heavy atom. The number of aryl methyl sites for hydroxylation is 1. The molecule has 1 unspecified atom stereocenters. The van der Waals surface area contributed by atoms with Crippen molar-refractivity contribution in [2.75, 3.05) is 53.3 Å². The first kappa shape index (κ1) is 21.2. The van der Waals surface area contributed by atoms with Gasteiger partial charge >= 0.3 is 0 Å². The van der Waals surface area contributed by atoms with E-state index in [9.17, 15) is 8.60 Å². The van der Waals surface area contributed by atoms with Gasteiger partial charge in [0.1, 0.15) is 10.7 Å². The maximum Gasteiger partial charge on any atom is 0.227 e. The Morgan fingerprint density at radius 1 is 1.03 bits per heavy atom. The molecule has 2 aliphatic heterocycles. The molecule has 0 saturated carbocycles. The molecule has 0 amide bonds. The van der Waals surface area contributed by atoms with Crippen LogP contribution in [0.15, 0.2) is 58.3 Å². The second-order valence-corrected chi connectivity index (χ2v) is 10.1. The van der Waals surface area contributed by atoms with E-state index in [2.05, 4.69) is 45.6 Å². The Balaban J connectivity index is 1.36. The first-order valence-corrected chi connectivity index (χ1v) is 13.1. The minimum absolute atomic E-state index is 0.330. The number of rotatable bonds is 5. The van der Waals surface area contributed by atoms with Gasteiger partial charge in [-0.15, -0.1) is 11.8 Å². The lowest BCUT2D eigenvalue weighted by Crippen LogP contribution is -2.47. The second-order valence-electron chi connectivity index (χ2n) is 7.76. The van der Waals surface area contributed by atoms with Gasteiger partial charge in [-0.2, -0.15) is 4.98 Å². The second kappa shape index (κ2) is 9.07. The van der Waals surface area contributed by atoms with Crippen molar-refractivity contribution in [3.8, 4) is 0 Å². The number of hydrogen-bond acceptors (Lipinski definition) is 7. The van der Waals surface area contributed by atoms with E-state index in [1.54, 1.807) is 23.9 Å². The first-order valence-electron chi connectivity index (χ1n) is 10.6. The van der Waals surface area contributed by atoms with Crippen molar-refractivity contribution in [1.29, 1.82) is 0 Å². The van der Waals surface area contributed by atoms with Crippen molar-refractivity contribution in [2.24, 2.45) is 0 Å². The van der Waals surface area contributed by atoms with E-state index >= 15 is 0 Å². The van der Waals surface area contributed by atoms with Gasteiger partial charge in [0.25, 0.3) is 0 Å². The van der Waals surface area contributed by atoms with Gasteiger partial charge in [0.05, 0.1) is 16.5 Å². The summed E-state index contributed by atoms with van der Waals surface area (Å²) in [6.07, 6.45) is 2.74. The van der Waals surface area contributed by atoms with Gasteiger partial charge in [0.2, 0.25) is 5.95 Å². The molecule has 1 atom stereocenters. The van der Waals surface area contributed by atoms with Crippen molar-refractivity contribution < 1.29 is 8.60 Å². The number of fused-ring (bicyclic) bond motifs is 1. The predicted molar refractivity (Wildman–Crippen MR) is 129 cm³/mol. The Kier molecular flexibility index (Phi) is 6.01. The standard InChI is InChI=1S/C23H24FN5OS2/c1-31-19-7-5-18(6-8-19)28-10-12-29(13-11-28)23-26-20-9-14-32(30)21(20)22(27-23)25-17-4-2-3-16(24)15-17/h2-8,15H,9-14H2,1H3,(H,25,26,27). The van der Waals surface area contributed by atoms with E-state index in [1.807, 2.05) is 0 Å². The molecule has 0 radical (unpaired) electrons. The molecule has 0 aliphatic carbocycles. The van der Waals surface area contributed by atoms with Crippen LogP contribution in [0, 0.1) is 5.82 Å². The summed E-state index contributed by atoms with van der Waals surface area (Å²) in [5.41, 5.74) is 2.63. The molecule has 0 bridgehead atoms. The van der Waals surface area contributed by atoms with E-state index in [0.29, 0.717) is 34.5 Å². The zero-order chi connectivity index (χ0) is 22.1. The molecule has 3 aromatic rings. The van der Waals surface area contributed by atoms with Crippen molar-refractivity contribution >= 4 is 45.7 Å². The van der Waals surface area contributed by atoms with Crippen LogP contribution in [0.1, 0.15) is 5.69 Å². The van der Waals surface area contributed by atoms with E-state index in [0.717, 1.165) is 31.9 Å². The minimum Gasteiger partial charge on any atom is -0.368 e. The fourth-order valence-corrected chi connectivity index (χ4v) is 5.78. The monoisotopic (exact) mass is 469 g/mol. The van der Waals surface area contributed by atoms with Crippen LogP contribution in [0.5, 0.6) is 0 Å². The van der Waals surface area contributed by atoms with Gasteiger partial charge < -0.3 is 15.1 Å². The third-order valence-electron chi connectivity index (χ3n) is 5.76. The van der Waals surface area contributed by atoms with Crippen LogP contribution in [-0.4, -0.2) is 52.4 Å². The van der Waals surface area contributed by atoms with Crippen LogP contribution in [0.2, 0.25) is 0 Å². The number of thioether (sulfide) groups is 1. The van der Waals surface area contributed by atoms with Crippen molar-refractivity contribution in [1.82, 2.24) is 9.97 Å². The number of halogens is 1. The molecule has 9 heteroatoms. The Bertz CT molecular complexity index is 1150. The van der Waals surface area contributed by atoms with Gasteiger partial charge in [-0.05, 0) is 48.7 Å². The molecule has 2 aromatic carbocycles. The lowest BCUT2D eigenvalue weighted by Gasteiger charge is -2.36. The Labute approximate surface area is 193 Å². The topological polar surface area (TPSA) is 61.4 Å². The molecule has 1 aromatic heterocycles. The highest BCUT2D eigenvalue weighted by Gasteiger charge is 2.28. The van der Waals surface area contributed by atoms with Gasteiger partial charge in [0.15, 0.2) is 5.82 Å². The molecule has 0 spiro atoms. The predicted octanol–water partition coefficient (Wildman–Crippen LogP) is 4.07. The summed E-state index contributed by atoms with van der Waals surface area (Å²) in [6, 6.07) is 14.9. The average molecular weight is 470 g/mol. The molecule has 1 N–H and O–H groups in total. The first-order chi connectivity index (χ1) is 15.6. The lowest BCUT2D eigenvalue weighted by atomic mass is 10.2. The highest BCUT2D eigenvalue weighted by Crippen LogP contribution is 2.32. The highest BCUT2D eigenvalue weighted by molar-refractivity contribution is 7.98. The van der Waals surface area contributed by atoms with E-state index < -0.39 is 10.8 Å². The molecule has 6 nitrogen and oxygen atoms in total. The molecule has 1 saturated heterocycles. The minimum atomic E-state index is -1.14. The fourth-order valence-electron chi connectivity index (χ4n) is 4.07. The molecule has 2 aliphatic rings. The van der Waals surface area contributed by atoms with Crippen molar-refractivity contribution in [3.63, 3.8) is 0 Å². The quantitative estimate of drug-likeness (QED) is 0.565. The summed E-state index contributed by atoms with van der Waals surface area (Å²) >= 11 is 1.74. The zero-order valence-electron chi connectivity index (χ0n) is 17.8. The highest BCUT2D eigenvalue weighted by atomic mass is 32.2. The average Bonchev–Trinajstić information content (AvgIpc) is 3.20. The van der Waals surface area contributed by atoms with E-state index in [-0.39, 0.29) is 5.82 Å². The molecule has 32 heavy (non-hydrogen) atoms. The maximum absolute atomic E-state index is 13.7. The Morgan fingerprint density at radius 3 is 2.50 bits per heavy atom. The number of hydrogen-bond donors (Lipinski definition) is 1. The smallest absolute Gasteiger partial charge is 0.227 e. The van der Waals surface area contributed by atoms with E-state index in [1.165, 1.54) is 22.7 Å². The van der Waals surface area contributed by atoms with Gasteiger partial charge in [-0.1, -0.05) is 6.07 Å². The van der Waals surface area contributed by atoms with Crippen LogP contribution >= 0.6 is 11.8 Å². The zero-order valence-corrected chi connectivity index (χ0v) is 19.4. The molecular formula is C23H24FN5OS2. The SMILES string of the molecule is CSc1ccc(N2CCN(c3nc4c(c(Nc5cccc(F)c5)n3)S(=O)CC4)CC2)cc1. The number of piperazine rings is 1. The van der Waals surface area contributed by atoms with Crippen LogP contribution in [0.4, 0.5) is 27.5 Å². The fraction of sp³-hybridized carbons (Fsp3) is 0.304. The summed E-state index contributed by atoms with van der Waals surface area (Å²) in [5, 5.41) is 3.18. The van der Waals surface area contributed by atoms with Gasteiger partial charge in [-0.25, -0.2) is 9.37 Å². The number of nitrogens with one attached hydrogen (secondary N) is 1. The van der Waals surface area contributed by atoms with Gasteiger partial charge in [0, 0.05) is 54.6 Å². The van der Waals surface area contributed by atoms with E-state index in [4.69, 9.17) is 9.97 Å². The third kappa shape index (κ3) is 4.31. The van der Waals surface area contributed by atoms with Crippen molar-refractivity contribution in [2.45, 2.75) is 16.2 Å². The largest absolute Gasteiger partial charge is 0.368 e. The number of anilines is 4. The molecular weight excluding hydrogens is 445 g/mol.